The average molecular weight is 234 g/mol. The van der Waals surface area contributed by atoms with E-state index in [2.05, 4.69) is 5.32 Å². The third-order valence-electron chi connectivity index (χ3n) is 3.26. The molecule has 1 amide bonds. The van der Waals surface area contributed by atoms with Crippen LogP contribution in [0.25, 0.3) is 0 Å². The SMILES string of the molecule is Nc1ccccc1NC(=O)C1(C(=O)O)CCC1. The highest BCUT2D eigenvalue weighted by atomic mass is 16.4. The second kappa shape index (κ2) is 4.08. The van der Waals surface area contributed by atoms with Gasteiger partial charge in [-0.15, -0.1) is 0 Å². The Labute approximate surface area is 98.6 Å². The number of carboxylic acid groups (broad SMARTS) is 1. The third kappa shape index (κ3) is 1.84. The first kappa shape index (κ1) is 11.4. The van der Waals surface area contributed by atoms with E-state index in [0.717, 1.165) is 6.42 Å². The van der Waals surface area contributed by atoms with Crippen molar-refractivity contribution < 1.29 is 14.7 Å². The van der Waals surface area contributed by atoms with Crippen molar-refractivity contribution in [1.29, 1.82) is 0 Å². The fraction of sp³-hybridized carbons (Fsp3) is 0.333. The molecule has 1 aliphatic rings. The fourth-order valence-corrected chi connectivity index (χ4v) is 1.92. The Kier molecular flexibility index (Phi) is 2.75. The number of para-hydroxylation sites is 2. The maximum absolute atomic E-state index is 12.0. The van der Waals surface area contributed by atoms with Crippen LogP contribution in [0, 0.1) is 5.41 Å². The van der Waals surface area contributed by atoms with Gasteiger partial charge in [-0.2, -0.15) is 0 Å². The third-order valence-corrected chi connectivity index (χ3v) is 3.26. The highest BCUT2D eigenvalue weighted by molar-refractivity contribution is 6.09. The number of carbonyl (C=O) groups is 2. The highest BCUT2D eigenvalue weighted by Crippen LogP contribution is 2.42. The van der Waals surface area contributed by atoms with E-state index >= 15 is 0 Å². The van der Waals surface area contributed by atoms with Gasteiger partial charge in [0.1, 0.15) is 5.41 Å². The number of nitrogens with two attached hydrogens (primary N) is 1. The molecule has 1 aliphatic carbocycles. The van der Waals surface area contributed by atoms with E-state index in [4.69, 9.17) is 10.8 Å². The van der Waals surface area contributed by atoms with Crippen LogP contribution >= 0.6 is 0 Å². The van der Waals surface area contributed by atoms with Gasteiger partial charge < -0.3 is 16.2 Å². The largest absolute Gasteiger partial charge is 0.480 e. The molecule has 90 valence electrons. The molecular formula is C12H14N2O3. The molecule has 0 heterocycles. The maximum Gasteiger partial charge on any atom is 0.319 e. The minimum atomic E-state index is -1.26. The van der Waals surface area contributed by atoms with Gasteiger partial charge in [0.25, 0.3) is 0 Å². The first-order valence-corrected chi connectivity index (χ1v) is 5.45. The summed E-state index contributed by atoms with van der Waals surface area (Å²) in [6.45, 7) is 0. The molecular weight excluding hydrogens is 220 g/mol. The van der Waals surface area contributed by atoms with Crippen LogP contribution in [0.3, 0.4) is 0 Å². The van der Waals surface area contributed by atoms with Gasteiger partial charge in [-0.1, -0.05) is 18.6 Å². The van der Waals surface area contributed by atoms with Gasteiger partial charge in [0.2, 0.25) is 5.91 Å². The van der Waals surface area contributed by atoms with Crippen LogP contribution in [0.4, 0.5) is 11.4 Å². The second-order valence-electron chi connectivity index (χ2n) is 4.28. The summed E-state index contributed by atoms with van der Waals surface area (Å²) >= 11 is 0. The minimum absolute atomic E-state index is 0.390. The number of hydrogen-bond donors (Lipinski definition) is 3. The standard InChI is InChI=1S/C12H14N2O3/c13-8-4-1-2-5-9(8)14-10(15)12(11(16)17)6-3-7-12/h1-2,4-5H,3,6-7,13H2,(H,14,15)(H,16,17). The van der Waals surface area contributed by atoms with Crippen molar-refractivity contribution in [3.05, 3.63) is 24.3 Å². The van der Waals surface area contributed by atoms with E-state index in [1.54, 1.807) is 24.3 Å². The Bertz CT molecular complexity index is 467. The molecule has 1 aromatic rings. The molecule has 5 nitrogen and oxygen atoms in total. The quantitative estimate of drug-likeness (QED) is 0.545. The number of nitrogens with one attached hydrogen (secondary N) is 1. The fourth-order valence-electron chi connectivity index (χ4n) is 1.92. The number of carboxylic acids is 1. The molecule has 0 saturated heterocycles. The summed E-state index contributed by atoms with van der Waals surface area (Å²) in [6.07, 6.45) is 1.55. The lowest BCUT2D eigenvalue weighted by Crippen LogP contribution is -2.48. The van der Waals surface area contributed by atoms with Gasteiger partial charge in [-0.3, -0.25) is 9.59 Å². The maximum atomic E-state index is 12.0. The van der Waals surface area contributed by atoms with Gasteiger partial charge in [-0.25, -0.2) is 0 Å². The van der Waals surface area contributed by atoms with Crippen molar-refractivity contribution >= 4 is 23.3 Å². The smallest absolute Gasteiger partial charge is 0.319 e. The Morgan fingerprint density at radius 2 is 1.94 bits per heavy atom. The molecule has 17 heavy (non-hydrogen) atoms. The van der Waals surface area contributed by atoms with E-state index in [9.17, 15) is 9.59 Å². The molecule has 0 spiro atoms. The summed E-state index contributed by atoms with van der Waals surface area (Å²) in [4.78, 5) is 23.1. The van der Waals surface area contributed by atoms with Crippen LogP contribution in [0.1, 0.15) is 19.3 Å². The molecule has 2 rings (SSSR count). The average Bonchev–Trinajstić information content (AvgIpc) is 2.19. The number of benzene rings is 1. The van der Waals surface area contributed by atoms with Crippen LogP contribution in [0.15, 0.2) is 24.3 Å². The zero-order chi connectivity index (χ0) is 12.5. The molecule has 0 atom stereocenters. The molecule has 4 N–H and O–H groups in total. The van der Waals surface area contributed by atoms with Crippen molar-refractivity contribution in [3.63, 3.8) is 0 Å². The van der Waals surface area contributed by atoms with Crippen LogP contribution in [-0.2, 0) is 9.59 Å². The highest BCUT2D eigenvalue weighted by Gasteiger charge is 2.51. The normalized spacial score (nSPS) is 16.9. The summed E-state index contributed by atoms with van der Waals surface area (Å²) < 4.78 is 0. The Morgan fingerprint density at radius 1 is 1.29 bits per heavy atom. The van der Waals surface area contributed by atoms with Gasteiger partial charge in [0.15, 0.2) is 0 Å². The van der Waals surface area contributed by atoms with E-state index in [-0.39, 0.29) is 0 Å². The first-order valence-electron chi connectivity index (χ1n) is 5.45. The topological polar surface area (TPSA) is 92.4 Å². The van der Waals surface area contributed by atoms with Crippen molar-refractivity contribution in [2.45, 2.75) is 19.3 Å². The molecule has 1 aromatic carbocycles. The summed E-state index contributed by atoms with van der Waals surface area (Å²) in [6, 6.07) is 6.80. The predicted molar refractivity (Wildman–Crippen MR) is 63.4 cm³/mol. The molecule has 0 unspecified atom stereocenters. The number of nitrogen functional groups attached to an aromatic ring is 1. The van der Waals surface area contributed by atoms with Gasteiger partial charge in [0.05, 0.1) is 11.4 Å². The van der Waals surface area contributed by atoms with E-state index < -0.39 is 17.3 Å². The lowest BCUT2D eigenvalue weighted by molar-refractivity contribution is -0.159. The van der Waals surface area contributed by atoms with Crippen molar-refractivity contribution in [1.82, 2.24) is 0 Å². The van der Waals surface area contributed by atoms with Gasteiger partial charge in [-0.05, 0) is 25.0 Å². The number of anilines is 2. The van der Waals surface area contributed by atoms with E-state index in [1.165, 1.54) is 0 Å². The summed E-state index contributed by atoms with van der Waals surface area (Å²) in [5.74, 6) is -1.54. The Hall–Kier alpha value is -2.04. The lowest BCUT2D eigenvalue weighted by Gasteiger charge is -2.35. The molecule has 0 radical (unpaired) electrons. The number of amides is 1. The summed E-state index contributed by atoms with van der Waals surface area (Å²) in [7, 11) is 0. The lowest BCUT2D eigenvalue weighted by atomic mass is 9.68. The van der Waals surface area contributed by atoms with Crippen LogP contribution in [0.5, 0.6) is 0 Å². The number of rotatable bonds is 3. The Balaban J connectivity index is 2.17. The molecule has 1 saturated carbocycles. The number of carbonyl (C=O) groups excluding carboxylic acids is 1. The minimum Gasteiger partial charge on any atom is -0.480 e. The number of hydrogen-bond acceptors (Lipinski definition) is 3. The van der Waals surface area contributed by atoms with Crippen LogP contribution in [0.2, 0.25) is 0 Å². The van der Waals surface area contributed by atoms with Crippen molar-refractivity contribution in [2.24, 2.45) is 5.41 Å². The van der Waals surface area contributed by atoms with E-state index in [1.807, 2.05) is 0 Å². The zero-order valence-electron chi connectivity index (χ0n) is 9.27. The first-order chi connectivity index (χ1) is 8.06. The van der Waals surface area contributed by atoms with Crippen LogP contribution in [-0.4, -0.2) is 17.0 Å². The predicted octanol–water partition coefficient (Wildman–Crippen LogP) is 1.46. The van der Waals surface area contributed by atoms with E-state index in [0.29, 0.717) is 24.2 Å². The van der Waals surface area contributed by atoms with Crippen LogP contribution < -0.4 is 11.1 Å². The summed E-state index contributed by atoms with van der Waals surface area (Å²) in [5.41, 5.74) is 5.32. The molecule has 0 aliphatic heterocycles. The second-order valence-corrected chi connectivity index (χ2v) is 4.28. The summed E-state index contributed by atoms with van der Waals surface area (Å²) in [5, 5.41) is 11.7. The number of aliphatic carboxylic acids is 1. The van der Waals surface area contributed by atoms with Gasteiger partial charge >= 0.3 is 5.97 Å². The molecule has 1 fully saturated rings. The zero-order valence-corrected chi connectivity index (χ0v) is 9.27. The molecule has 0 bridgehead atoms. The van der Waals surface area contributed by atoms with Crippen molar-refractivity contribution in [3.8, 4) is 0 Å². The Morgan fingerprint density at radius 3 is 2.41 bits per heavy atom. The van der Waals surface area contributed by atoms with Crippen molar-refractivity contribution in [2.75, 3.05) is 11.1 Å². The monoisotopic (exact) mass is 234 g/mol. The van der Waals surface area contributed by atoms with Gasteiger partial charge in [0, 0.05) is 0 Å². The molecule has 0 aromatic heterocycles. The molecule has 5 heteroatoms.